The first-order valence-electron chi connectivity index (χ1n) is 6.35. The second-order valence-electron chi connectivity index (χ2n) is 4.46. The molecule has 0 aliphatic heterocycles. The fourth-order valence-corrected chi connectivity index (χ4v) is 1.83. The van der Waals surface area contributed by atoms with Gasteiger partial charge in [-0.15, -0.1) is 11.6 Å². The highest BCUT2D eigenvalue weighted by Crippen LogP contribution is 2.24. The summed E-state index contributed by atoms with van der Waals surface area (Å²) in [4.78, 5) is 4.24. The van der Waals surface area contributed by atoms with E-state index in [2.05, 4.69) is 4.99 Å². The maximum absolute atomic E-state index is 5.75. The second kappa shape index (κ2) is 6.96. The average Bonchev–Trinajstić information content (AvgIpc) is 2.48. The van der Waals surface area contributed by atoms with E-state index in [1.54, 1.807) is 0 Å². The lowest BCUT2D eigenvalue weighted by Gasteiger charge is -2.08. The van der Waals surface area contributed by atoms with E-state index in [1.165, 1.54) is 0 Å². The molecular formula is C16H17ClN2O. The van der Waals surface area contributed by atoms with Crippen molar-refractivity contribution in [3.05, 3.63) is 59.7 Å². The van der Waals surface area contributed by atoms with Crippen molar-refractivity contribution in [3.8, 4) is 5.75 Å². The minimum Gasteiger partial charge on any atom is -0.489 e. The van der Waals surface area contributed by atoms with Crippen LogP contribution < -0.4 is 10.5 Å². The number of ether oxygens (including phenoxy) is 1. The Bertz CT molecular complexity index is 597. The molecule has 0 bridgehead atoms. The van der Waals surface area contributed by atoms with Gasteiger partial charge >= 0.3 is 0 Å². The van der Waals surface area contributed by atoms with Crippen LogP contribution in [-0.4, -0.2) is 11.7 Å². The van der Waals surface area contributed by atoms with Crippen molar-refractivity contribution in [2.24, 2.45) is 10.7 Å². The van der Waals surface area contributed by atoms with Gasteiger partial charge in [-0.25, -0.2) is 4.99 Å². The average molecular weight is 289 g/mol. The predicted octanol–water partition coefficient (Wildman–Crippen LogP) is 3.80. The number of alkyl halides is 1. The van der Waals surface area contributed by atoms with E-state index in [4.69, 9.17) is 22.1 Å². The third-order valence-corrected chi connectivity index (χ3v) is 3.09. The molecule has 0 atom stereocenters. The summed E-state index contributed by atoms with van der Waals surface area (Å²) in [6.07, 6.45) is 0. The van der Waals surface area contributed by atoms with Crippen molar-refractivity contribution in [2.75, 3.05) is 5.88 Å². The van der Waals surface area contributed by atoms with Crippen molar-refractivity contribution in [1.29, 1.82) is 0 Å². The largest absolute Gasteiger partial charge is 0.489 e. The van der Waals surface area contributed by atoms with Crippen molar-refractivity contribution in [1.82, 2.24) is 0 Å². The number of hydrogen-bond donors (Lipinski definition) is 1. The molecule has 2 N–H and O–H groups in total. The van der Waals surface area contributed by atoms with Crippen LogP contribution in [0.1, 0.15) is 11.1 Å². The summed E-state index contributed by atoms with van der Waals surface area (Å²) < 4.78 is 5.75. The molecule has 0 radical (unpaired) electrons. The molecular weight excluding hydrogens is 272 g/mol. The van der Waals surface area contributed by atoms with Crippen LogP contribution in [0.5, 0.6) is 5.75 Å². The Balaban J connectivity index is 2.06. The van der Waals surface area contributed by atoms with E-state index in [0.29, 0.717) is 12.4 Å². The van der Waals surface area contributed by atoms with Crippen LogP contribution in [-0.2, 0) is 6.61 Å². The number of hydrogen-bond acceptors (Lipinski definition) is 2. The van der Waals surface area contributed by atoms with E-state index >= 15 is 0 Å². The minimum absolute atomic E-state index is 0.228. The highest BCUT2D eigenvalue weighted by molar-refractivity contribution is 6.28. The zero-order valence-electron chi connectivity index (χ0n) is 11.3. The lowest BCUT2D eigenvalue weighted by molar-refractivity contribution is 0.306. The topological polar surface area (TPSA) is 47.6 Å². The number of aliphatic imine (C=N–C) groups is 1. The van der Waals surface area contributed by atoms with Gasteiger partial charge in [-0.3, -0.25) is 0 Å². The molecule has 0 fully saturated rings. The van der Waals surface area contributed by atoms with Gasteiger partial charge in [-0.2, -0.15) is 0 Å². The standard InChI is InChI=1S/C16H17ClN2O/c1-12-9-14(7-8-15(12)19-16(18)10-17)20-11-13-5-3-2-4-6-13/h2-9H,10-11H2,1H3,(H2,18,19). The summed E-state index contributed by atoms with van der Waals surface area (Å²) in [6, 6.07) is 15.8. The Kier molecular flexibility index (Phi) is 5.02. The molecule has 20 heavy (non-hydrogen) atoms. The highest BCUT2D eigenvalue weighted by atomic mass is 35.5. The van der Waals surface area contributed by atoms with Gasteiger partial charge in [-0.05, 0) is 36.2 Å². The molecule has 4 heteroatoms. The van der Waals surface area contributed by atoms with Crippen LogP contribution in [0.15, 0.2) is 53.5 Å². The van der Waals surface area contributed by atoms with E-state index in [9.17, 15) is 0 Å². The quantitative estimate of drug-likeness (QED) is 0.517. The molecule has 0 saturated heterocycles. The first-order chi connectivity index (χ1) is 9.69. The minimum atomic E-state index is 0.228. The fourth-order valence-electron chi connectivity index (χ4n) is 1.77. The summed E-state index contributed by atoms with van der Waals surface area (Å²) in [5.41, 5.74) is 8.59. The van der Waals surface area contributed by atoms with Crippen molar-refractivity contribution in [3.63, 3.8) is 0 Å². The Hall–Kier alpha value is -2.00. The number of rotatable bonds is 5. The summed E-state index contributed by atoms with van der Waals surface area (Å²) in [6.45, 7) is 2.52. The zero-order chi connectivity index (χ0) is 14.4. The summed E-state index contributed by atoms with van der Waals surface area (Å²) >= 11 is 5.62. The molecule has 0 aromatic heterocycles. The molecule has 0 saturated carbocycles. The smallest absolute Gasteiger partial charge is 0.120 e. The Morgan fingerprint density at radius 2 is 1.95 bits per heavy atom. The Labute approximate surface area is 124 Å². The van der Waals surface area contributed by atoms with Crippen LogP contribution >= 0.6 is 11.6 Å². The number of aryl methyl sites for hydroxylation is 1. The van der Waals surface area contributed by atoms with Gasteiger partial charge in [0.2, 0.25) is 0 Å². The van der Waals surface area contributed by atoms with Gasteiger partial charge in [0.1, 0.15) is 18.2 Å². The molecule has 2 aromatic carbocycles. The van der Waals surface area contributed by atoms with Crippen molar-refractivity contribution >= 4 is 23.1 Å². The lowest BCUT2D eigenvalue weighted by Crippen LogP contribution is -2.12. The number of nitrogens with two attached hydrogens (primary N) is 1. The number of nitrogens with zero attached hydrogens (tertiary/aromatic N) is 1. The van der Waals surface area contributed by atoms with E-state index in [0.717, 1.165) is 22.6 Å². The molecule has 2 rings (SSSR count). The molecule has 2 aromatic rings. The van der Waals surface area contributed by atoms with Crippen LogP contribution in [0.2, 0.25) is 0 Å². The predicted molar refractivity (Wildman–Crippen MR) is 84.0 cm³/mol. The number of amidine groups is 1. The van der Waals surface area contributed by atoms with Crippen molar-refractivity contribution < 1.29 is 4.74 Å². The SMILES string of the molecule is Cc1cc(OCc2ccccc2)ccc1N=C(N)CCl. The van der Waals surface area contributed by atoms with Gasteiger partial charge in [-0.1, -0.05) is 30.3 Å². The van der Waals surface area contributed by atoms with Gasteiger partial charge in [0.15, 0.2) is 0 Å². The second-order valence-corrected chi connectivity index (χ2v) is 4.73. The van der Waals surface area contributed by atoms with Gasteiger partial charge < -0.3 is 10.5 Å². The summed E-state index contributed by atoms with van der Waals surface area (Å²) in [5, 5.41) is 0. The van der Waals surface area contributed by atoms with E-state index in [1.807, 2.05) is 55.5 Å². The van der Waals surface area contributed by atoms with Gasteiger partial charge in [0, 0.05) is 0 Å². The van der Waals surface area contributed by atoms with Gasteiger partial charge in [0.05, 0.1) is 11.6 Å². The van der Waals surface area contributed by atoms with Crippen LogP contribution in [0.3, 0.4) is 0 Å². The third-order valence-electron chi connectivity index (χ3n) is 2.82. The molecule has 0 aliphatic carbocycles. The maximum Gasteiger partial charge on any atom is 0.120 e. The monoisotopic (exact) mass is 288 g/mol. The number of halogens is 1. The maximum atomic E-state index is 5.75. The fraction of sp³-hybridized carbons (Fsp3) is 0.188. The van der Waals surface area contributed by atoms with Crippen molar-refractivity contribution in [2.45, 2.75) is 13.5 Å². The first kappa shape index (κ1) is 14.4. The molecule has 0 unspecified atom stereocenters. The Morgan fingerprint density at radius 3 is 2.60 bits per heavy atom. The van der Waals surface area contributed by atoms with E-state index in [-0.39, 0.29) is 5.88 Å². The van der Waals surface area contributed by atoms with E-state index < -0.39 is 0 Å². The normalized spacial score (nSPS) is 11.4. The Morgan fingerprint density at radius 1 is 1.20 bits per heavy atom. The molecule has 0 heterocycles. The molecule has 0 aliphatic rings. The highest BCUT2D eigenvalue weighted by Gasteiger charge is 2.01. The molecule has 0 spiro atoms. The zero-order valence-corrected chi connectivity index (χ0v) is 12.1. The first-order valence-corrected chi connectivity index (χ1v) is 6.89. The van der Waals surface area contributed by atoms with Gasteiger partial charge in [0.25, 0.3) is 0 Å². The third kappa shape index (κ3) is 4.00. The van der Waals surface area contributed by atoms with Crippen LogP contribution in [0.25, 0.3) is 0 Å². The molecule has 104 valence electrons. The van der Waals surface area contributed by atoms with Crippen LogP contribution in [0, 0.1) is 6.92 Å². The molecule has 0 amide bonds. The summed E-state index contributed by atoms with van der Waals surface area (Å²) in [7, 11) is 0. The van der Waals surface area contributed by atoms with Crippen LogP contribution in [0.4, 0.5) is 5.69 Å². The lowest BCUT2D eigenvalue weighted by atomic mass is 10.2. The number of benzene rings is 2. The molecule has 3 nitrogen and oxygen atoms in total. The summed E-state index contributed by atoms with van der Waals surface area (Å²) in [5.74, 6) is 1.45.